The Bertz CT molecular complexity index is 179. The molecule has 0 saturated heterocycles. The summed E-state index contributed by atoms with van der Waals surface area (Å²) in [5.41, 5.74) is 0.474. The van der Waals surface area contributed by atoms with Crippen LogP contribution in [0.1, 0.15) is 6.92 Å². The Morgan fingerprint density at radius 1 is 1.42 bits per heavy atom. The number of carbonyl (C=O) groups excluding carboxylic acids is 1. The summed E-state index contributed by atoms with van der Waals surface area (Å²) in [5, 5.41) is 0. The van der Waals surface area contributed by atoms with Gasteiger partial charge in [-0.3, -0.25) is 0 Å². The lowest BCUT2D eigenvalue weighted by Gasteiger charge is -2.11. The minimum Gasteiger partial charge on any atom is -0.458 e. The lowest BCUT2D eigenvalue weighted by atomic mass is 10.4. The predicted octanol–water partition coefficient (Wildman–Crippen LogP) is 2.01. The molecule has 70 valence electrons. The van der Waals surface area contributed by atoms with E-state index in [2.05, 4.69) is 26.6 Å². The third-order valence-corrected chi connectivity index (χ3v) is 2.87. The molecule has 0 unspecified atom stereocenters. The topological polar surface area (TPSA) is 26.3 Å². The molecule has 0 atom stereocenters. The van der Waals surface area contributed by atoms with Crippen LogP contribution in [0.25, 0.3) is 0 Å². The second kappa shape index (κ2) is 4.61. The van der Waals surface area contributed by atoms with E-state index in [0.29, 0.717) is 12.2 Å². The summed E-state index contributed by atoms with van der Waals surface area (Å²) < 4.78 is 4.97. The molecule has 0 N–H and O–H groups in total. The fourth-order valence-corrected chi connectivity index (χ4v) is 1.17. The van der Waals surface area contributed by atoms with Gasteiger partial charge in [0.25, 0.3) is 0 Å². The van der Waals surface area contributed by atoms with Crippen molar-refractivity contribution in [3.05, 3.63) is 12.2 Å². The molecule has 0 heterocycles. The highest BCUT2D eigenvalue weighted by atomic mass is 31.2. The van der Waals surface area contributed by atoms with Crippen molar-refractivity contribution in [1.29, 1.82) is 0 Å². The maximum Gasteiger partial charge on any atom is 0.333 e. The van der Waals surface area contributed by atoms with Crippen molar-refractivity contribution >= 4 is 13.2 Å². The fourth-order valence-electron chi connectivity index (χ4n) is 0.535. The van der Waals surface area contributed by atoms with Crippen LogP contribution in [0.4, 0.5) is 0 Å². The molecule has 0 aliphatic rings. The van der Waals surface area contributed by atoms with E-state index < -0.39 is 7.26 Å². The predicted molar refractivity (Wildman–Crippen MR) is 55.3 cm³/mol. The molecule has 12 heavy (non-hydrogen) atoms. The van der Waals surface area contributed by atoms with Crippen molar-refractivity contribution in [3.8, 4) is 0 Å². The Balaban J connectivity index is 3.58. The van der Waals surface area contributed by atoms with Gasteiger partial charge in [0.1, 0.15) is 6.61 Å². The van der Waals surface area contributed by atoms with Gasteiger partial charge in [0.05, 0.1) is 6.16 Å². The zero-order valence-corrected chi connectivity index (χ0v) is 9.28. The number of hydrogen-bond acceptors (Lipinski definition) is 2. The lowest BCUT2D eigenvalue weighted by molar-refractivity contribution is -0.138. The molecular weight excluding hydrogens is 171 g/mol. The number of esters is 1. The first kappa shape index (κ1) is 11.6. The third kappa shape index (κ3) is 6.36. The van der Waals surface area contributed by atoms with Crippen LogP contribution in [0.5, 0.6) is 0 Å². The van der Waals surface area contributed by atoms with Crippen molar-refractivity contribution in [2.75, 3.05) is 32.8 Å². The van der Waals surface area contributed by atoms with E-state index >= 15 is 0 Å². The van der Waals surface area contributed by atoms with Crippen LogP contribution in [0.3, 0.4) is 0 Å². The van der Waals surface area contributed by atoms with Crippen LogP contribution in [0.15, 0.2) is 12.2 Å². The summed E-state index contributed by atoms with van der Waals surface area (Å²) in [6.45, 7) is 12.4. The van der Waals surface area contributed by atoms with Crippen LogP contribution in [-0.4, -0.2) is 38.7 Å². The molecule has 0 aliphatic carbocycles. The third-order valence-electron chi connectivity index (χ3n) is 1.34. The van der Waals surface area contributed by atoms with Gasteiger partial charge in [-0.1, -0.05) is 6.58 Å². The molecule has 0 aliphatic heterocycles. The summed E-state index contributed by atoms with van der Waals surface area (Å²) >= 11 is 0. The van der Waals surface area contributed by atoms with E-state index in [-0.39, 0.29) is 5.97 Å². The maximum atomic E-state index is 10.9. The molecule has 0 fully saturated rings. The molecule has 0 radical (unpaired) electrons. The zero-order valence-electron chi connectivity index (χ0n) is 8.39. The van der Waals surface area contributed by atoms with Crippen molar-refractivity contribution in [1.82, 2.24) is 0 Å². The standard InChI is InChI=1S/C9H18O2P/c1-8(2)9(10)11-6-7-12(3,4)5/h1,6-7H2,2-5H3/q+1. The normalized spacial score (nSPS) is 11.0. The Labute approximate surface area is 75.3 Å². The molecule has 0 amide bonds. The molecule has 3 heteroatoms. The van der Waals surface area contributed by atoms with E-state index in [1.807, 2.05) is 0 Å². The van der Waals surface area contributed by atoms with Crippen LogP contribution < -0.4 is 0 Å². The van der Waals surface area contributed by atoms with Crippen LogP contribution in [-0.2, 0) is 9.53 Å². The summed E-state index contributed by atoms with van der Waals surface area (Å²) in [6, 6.07) is 0. The Morgan fingerprint density at radius 2 is 1.92 bits per heavy atom. The van der Waals surface area contributed by atoms with Gasteiger partial charge in [-0.15, -0.1) is 0 Å². The van der Waals surface area contributed by atoms with Gasteiger partial charge in [-0.25, -0.2) is 4.79 Å². The second-order valence-electron chi connectivity index (χ2n) is 3.93. The van der Waals surface area contributed by atoms with E-state index in [1.54, 1.807) is 6.92 Å². The smallest absolute Gasteiger partial charge is 0.333 e. The molecule has 0 aromatic heterocycles. The van der Waals surface area contributed by atoms with Crippen LogP contribution in [0.2, 0.25) is 0 Å². The van der Waals surface area contributed by atoms with Crippen molar-refractivity contribution in [2.45, 2.75) is 6.92 Å². The minimum atomic E-state index is -0.809. The summed E-state index contributed by atoms with van der Waals surface area (Å²) in [5.74, 6) is -0.275. The Morgan fingerprint density at radius 3 is 2.25 bits per heavy atom. The highest BCUT2D eigenvalue weighted by Crippen LogP contribution is 2.45. The lowest BCUT2D eigenvalue weighted by Crippen LogP contribution is -2.10. The fraction of sp³-hybridized carbons (Fsp3) is 0.667. The molecule has 0 aromatic rings. The number of carbonyl (C=O) groups is 1. The number of hydrogen-bond donors (Lipinski definition) is 0. The summed E-state index contributed by atoms with van der Waals surface area (Å²) in [6.07, 6.45) is 0.992. The Hall–Kier alpha value is -0.360. The molecular formula is C9H18O2P+. The molecule has 2 nitrogen and oxygen atoms in total. The maximum absolute atomic E-state index is 10.9. The average molecular weight is 189 g/mol. The second-order valence-corrected chi connectivity index (χ2v) is 8.96. The van der Waals surface area contributed by atoms with Crippen LogP contribution in [0, 0.1) is 0 Å². The SMILES string of the molecule is C=C(C)C(=O)OCC[P+](C)(C)C. The molecule has 0 rings (SSSR count). The van der Waals surface area contributed by atoms with Gasteiger partial charge in [-0.05, 0) is 6.92 Å². The van der Waals surface area contributed by atoms with Crippen molar-refractivity contribution in [2.24, 2.45) is 0 Å². The average Bonchev–Trinajstić information content (AvgIpc) is 1.84. The number of ether oxygens (including phenoxy) is 1. The highest BCUT2D eigenvalue weighted by molar-refractivity contribution is 7.73. The van der Waals surface area contributed by atoms with Gasteiger partial charge in [0.15, 0.2) is 0 Å². The monoisotopic (exact) mass is 189 g/mol. The van der Waals surface area contributed by atoms with Gasteiger partial charge in [-0.2, -0.15) is 0 Å². The van der Waals surface area contributed by atoms with Crippen molar-refractivity contribution < 1.29 is 9.53 Å². The summed E-state index contributed by atoms with van der Waals surface area (Å²) in [4.78, 5) is 10.9. The van der Waals surface area contributed by atoms with E-state index in [0.717, 1.165) is 6.16 Å². The van der Waals surface area contributed by atoms with Gasteiger partial charge < -0.3 is 4.74 Å². The van der Waals surface area contributed by atoms with Gasteiger partial charge in [0.2, 0.25) is 0 Å². The Kier molecular flexibility index (Phi) is 4.47. The first-order chi connectivity index (χ1) is 5.33. The first-order valence-corrected chi connectivity index (χ1v) is 7.27. The van der Waals surface area contributed by atoms with E-state index in [9.17, 15) is 4.79 Å². The van der Waals surface area contributed by atoms with Crippen molar-refractivity contribution in [3.63, 3.8) is 0 Å². The molecule has 0 aromatic carbocycles. The van der Waals surface area contributed by atoms with E-state index in [1.165, 1.54) is 0 Å². The van der Waals surface area contributed by atoms with Gasteiger partial charge in [0, 0.05) is 32.8 Å². The van der Waals surface area contributed by atoms with Gasteiger partial charge >= 0.3 is 5.97 Å². The largest absolute Gasteiger partial charge is 0.458 e. The molecule has 0 bridgehead atoms. The molecule has 0 spiro atoms. The number of rotatable bonds is 4. The quantitative estimate of drug-likeness (QED) is 0.384. The first-order valence-electron chi connectivity index (χ1n) is 3.96. The molecule has 0 saturated carbocycles. The minimum absolute atomic E-state index is 0.275. The zero-order chi connectivity index (χ0) is 9.78. The van der Waals surface area contributed by atoms with E-state index in [4.69, 9.17) is 4.74 Å². The summed E-state index contributed by atoms with van der Waals surface area (Å²) in [7, 11) is -0.809. The van der Waals surface area contributed by atoms with Crippen LogP contribution >= 0.6 is 7.26 Å². The highest BCUT2D eigenvalue weighted by Gasteiger charge is 2.17.